The molecular formula is C28H29F7N2O4. The molecule has 1 fully saturated rings. The number of carboxylic acids is 1. The van der Waals surface area contributed by atoms with E-state index in [0.717, 1.165) is 4.90 Å². The average Bonchev–Trinajstić information content (AvgIpc) is 2.89. The number of alkyl halides is 6. The topological polar surface area (TPSA) is 77.9 Å². The summed E-state index contributed by atoms with van der Waals surface area (Å²) >= 11 is 0. The van der Waals surface area contributed by atoms with E-state index in [-0.39, 0.29) is 37.6 Å². The summed E-state index contributed by atoms with van der Waals surface area (Å²) in [6, 6.07) is 3.88. The molecule has 1 saturated heterocycles. The molecule has 1 N–H and O–H groups in total. The molecule has 0 aromatic heterocycles. The van der Waals surface area contributed by atoms with Crippen LogP contribution in [-0.2, 0) is 26.7 Å². The molecule has 1 heterocycles. The normalized spacial score (nSPS) is 18.6. The van der Waals surface area contributed by atoms with Gasteiger partial charge in [-0.05, 0) is 67.3 Å². The zero-order valence-corrected chi connectivity index (χ0v) is 22.4. The molecule has 3 rings (SSSR count). The van der Waals surface area contributed by atoms with E-state index in [2.05, 4.69) is 0 Å². The van der Waals surface area contributed by atoms with Crippen LogP contribution in [0.4, 0.5) is 30.7 Å². The van der Waals surface area contributed by atoms with Gasteiger partial charge in [-0.15, -0.1) is 0 Å². The second kappa shape index (κ2) is 12.1. The number of halogens is 7. The van der Waals surface area contributed by atoms with Crippen molar-refractivity contribution < 1.29 is 50.2 Å². The standard InChI is InChI=1S/C28H29F7N2O4/c1-15-10-20(29)4-5-21(15)23-14-37(24(38)6-7-25(39)40)9-8-22(23)26(41)36(3)16(2)17-11-18(27(30,31)32)13-19(12-17)28(33,34)35/h4-5,10-13,16,22-23H,6-9,14H2,1-3H3,(H,39,40)/t16-,22-,23+/m0/s1. The Labute approximate surface area is 231 Å². The molecule has 0 saturated carbocycles. The maximum atomic E-state index is 13.9. The van der Waals surface area contributed by atoms with Crippen molar-refractivity contribution in [2.75, 3.05) is 20.1 Å². The Kier molecular flexibility index (Phi) is 9.39. The lowest BCUT2D eigenvalue weighted by atomic mass is 9.78. The first kappa shape index (κ1) is 31.9. The lowest BCUT2D eigenvalue weighted by Crippen LogP contribution is -2.48. The Balaban J connectivity index is 1.96. The highest BCUT2D eigenvalue weighted by Crippen LogP contribution is 2.40. The Hall–Kier alpha value is -3.64. The van der Waals surface area contributed by atoms with Crippen LogP contribution in [0.25, 0.3) is 0 Å². The van der Waals surface area contributed by atoms with Gasteiger partial charge in [0.1, 0.15) is 5.82 Å². The Morgan fingerprint density at radius 3 is 2.10 bits per heavy atom. The maximum absolute atomic E-state index is 13.9. The van der Waals surface area contributed by atoms with Crippen LogP contribution >= 0.6 is 0 Å². The molecule has 0 unspecified atom stereocenters. The van der Waals surface area contributed by atoms with Gasteiger partial charge >= 0.3 is 18.3 Å². The molecule has 41 heavy (non-hydrogen) atoms. The summed E-state index contributed by atoms with van der Waals surface area (Å²) in [4.78, 5) is 39.8. The molecule has 0 spiro atoms. The summed E-state index contributed by atoms with van der Waals surface area (Å²) < 4.78 is 94.4. The number of amides is 2. The summed E-state index contributed by atoms with van der Waals surface area (Å²) in [6.07, 6.45) is -10.7. The van der Waals surface area contributed by atoms with Crippen molar-refractivity contribution in [1.82, 2.24) is 9.80 Å². The van der Waals surface area contributed by atoms with Gasteiger partial charge in [-0.1, -0.05) is 6.07 Å². The molecule has 224 valence electrons. The van der Waals surface area contributed by atoms with Crippen LogP contribution in [0.3, 0.4) is 0 Å². The molecule has 0 bridgehead atoms. The fourth-order valence-corrected chi connectivity index (χ4v) is 5.11. The number of piperidine rings is 1. The van der Waals surface area contributed by atoms with E-state index < -0.39 is 71.4 Å². The first-order valence-corrected chi connectivity index (χ1v) is 12.7. The van der Waals surface area contributed by atoms with Crippen LogP contribution in [0, 0.1) is 18.7 Å². The van der Waals surface area contributed by atoms with Gasteiger partial charge in [0.25, 0.3) is 0 Å². The second-order valence-electron chi connectivity index (χ2n) is 10.2. The summed E-state index contributed by atoms with van der Waals surface area (Å²) in [7, 11) is 1.28. The molecule has 1 aliphatic rings. The molecule has 0 aliphatic carbocycles. The number of hydrogen-bond donors (Lipinski definition) is 1. The Morgan fingerprint density at radius 1 is 1.00 bits per heavy atom. The van der Waals surface area contributed by atoms with Crippen molar-refractivity contribution in [2.45, 2.75) is 57.4 Å². The minimum absolute atomic E-state index is 0.00860. The number of nitrogens with zero attached hydrogens (tertiary/aromatic N) is 2. The van der Waals surface area contributed by atoms with Gasteiger partial charge in [-0.2, -0.15) is 26.3 Å². The number of aryl methyl sites for hydroxylation is 1. The van der Waals surface area contributed by atoms with Crippen molar-refractivity contribution in [3.63, 3.8) is 0 Å². The van der Waals surface area contributed by atoms with Gasteiger partial charge in [0.05, 0.1) is 23.6 Å². The highest BCUT2D eigenvalue weighted by Gasteiger charge is 2.41. The summed E-state index contributed by atoms with van der Waals surface area (Å²) in [5, 5.41) is 8.92. The maximum Gasteiger partial charge on any atom is 0.416 e. The summed E-state index contributed by atoms with van der Waals surface area (Å²) in [5.74, 6) is -4.25. The first-order valence-electron chi connectivity index (χ1n) is 12.7. The first-order chi connectivity index (χ1) is 18.9. The van der Waals surface area contributed by atoms with E-state index in [1.165, 1.54) is 37.1 Å². The molecule has 6 nitrogen and oxygen atoms in total. The zero-order chi connectivity index (χ0) is 30.9. The molecule has 2 amide bonds. The molecule has 3 atom stereocenters. The minimum Gasteiger partial charge on any atom is -0.481 e. The van der Waals surface area contributed by atoms with Gasteiger partial charge < -0.3 is 14.9 Å². The van der Waals surface area contributed by atoms with Crippen LogP contribution in [0.5, 0.6) is 0 Å². The molecule has 13 heteroatoms. The van der Waals surface area contributed by atoms with Crippen LogP contribution in [0.2, 0.25) is 0 Å². The van der Waals surface area contributed by atoms with E-state index in [1.54, 1.807) is 6.92 Å². The molecule has 2 aromatic rings. The van der Waals surface area contributed by atoms with Crippen LogP contribution in [0.1, 0.15) is 66.0 Å². The predicted octanol–water partition coefficient (Wildman–Crippen LogP) is 6.19. The highest BCUT2D eigenvalue weighted by molar-refractivity contribution is 5.83. The number of hydrogen-bond acceptors (Lipinski definition) is 3. The lowest BCUT2D eigenvalue weighted by Gasteiger charge is -2.41. The average molecular weight is 591 g/mol. The fraction of sp³-hybridized carbons (Fsp3) is 0.464. The zero-order valence-electron chi connectivity index (χ0n) is 22.4. The molecule has 2 aromatic carbocycles. The third kappa shape index (κ3) is 7.56. The van der Waals surface area contributed by atoms with E-state index in [4.69, 9.17) is 5.11 Å². The number of likely N-dealkylation sites (tertiary alicyclic amines) is 1. The number of carbonyl (C=O) groups is 3. The monoisotopic (exact) mass is 590 g/mol. The number of rotatable bonds is 7. The summed E-state index contributed by atoms with van der Waals surface area (Å²) in [6.45, 7) is 3.00. The Morgan fingerprint density at radius 2 is 1.59 bits per heavy atom. The van der Waals surface area contributed by atoms with Crippen LogP contribution < -0.4 is 0 Å². The van der Waals surface area contributed by atoms with Gasteiger partial charge in [-0.3, -0.25) is 14.4 Å². The minimum atomic E-state index is -5.05. The summed E-state index contributed by atoms with van der Waals surface area (Å²) in [5.41, 5.74) is -2.33. The second-order valence-corrected chi connectivity index (χ2v) is 10.2. The number of benzene rings is 2. The van der Waals surface area contributed by atoms with Crippen molar-refractivity contribution in [1.29, 1.82) is 0 Å². The smallest absolute Gasteiger partial charge is 0.416 e. The molecule has 1 aliphatic heterocycles. The van der Waals surface area contributed by atoms with Crippen LogP contribution in [0.15, 0.2) is 36.4 Å². The van der Waals surface area contributed by atoms with E-state index >= 15 is 0 Å². The van der Waals surface area contributed by atoms with Crippen molar-refractivity contribution in [2.24, 2.45) is 5.92 Å². The molecular weight excluding hydrogens is 561 g/mol. The van der Waals surface area contributed by atoms with Crippen molar-refractivity contribution in [3.8, 4) is 0 Å². The largest absolute Gasteiger partial charge is 0.481 e. The highest BCUT2D eigenvalue weighted by atomic mass is 19.4. The lowest BCUT2D eigenvalue weighted by molar-refractivity contribution is -0.144. The Bertz CT molecular complexity index is 1280. The number of carbonyl (C=O) groups excluding carboxylic acids is 2. The van der Waals surface area contributed by atoms with Crippen LogP contribution in [-0.4, -0.2) is 52.8 Å². The van der Waals surface area contributed by atoms with Gasteiger partial charge in [-0.25, -0.2) is 4.39 Å². The van der Waals surface area contributed by atoms with E-state index in [9.17, 15) is 45.1 Å². The van der Waals surface area contributed by atoms with Crippen molar-refractivity contribution in [3.05, 3.63) is 70.0 Å². The fourth-order valence-electron chi connectivity index (χ4n) is 5.11. The predicted molar refractivity (Wildman–Crippen MR) is 133 cm³/mol. The van der Waals surface area contributed by atoms with Crippen molar-refractivity contribution >= 4 is 17.8 Å². The number of carboxylic acid groups (broad SMARTS) is 1. The van der Waals surface area contributed by atoms with Gasteiger partial charge in [0.15, 0.2) is 0 Å². The third-order valence-electron chi connectivity index (χ3n) is 7.49. The van der Waals surface area contributed by atoms with Gasteiger partial charge in [0, 0.05) is 38.4 Å². The number of aliphatic carboxylic acids is 1. The van der Waals surface area contributed by atoms with Gasteiger partial charge in [0.2, 0.25) is 11.8 Å². The third-order valence-corrected chi connectivity index (χ3v) is 7.49. The molecule has 0 radical (unpaired) electrons. The SMILES string of the molecule is Cc1cc(F)ccc1[C@H]1CN(C(=O)CCC(=O)O)CC[C@@H]1C(=O)N(C)[C@@H](C)c1cc(C(F)(F)F)cc(C(F)(F)F)c1. The van der Waals surface area contributed by atoms with E-state index in [0.29, 0.717) is 23.3 Å². The van der Waals surface area contributed by atoms with E-state index in [1.807, 2.05) is 0 Å². The quantitative estimate of drug-likeness (QED) is 0.391.